The molecule has 2 saturated carbocycles. The first-order valence-corrected chi connectivity index (χ1v) is 10.1. The van der Waals surface area contributed by atoms with Crippen LogP contribution in [0, 0.1) is 16.7 Å². The van der Waals surface area contributed by atoms with Gasteiger partial charge in [0, 0.05) is 11.8 Å². The molecular weight excluding hydrogens is 342 g/mol. The molecule has 2 bridgehead atoms. The Labute approximate surface area is 147 Å². The summed E-state index contributed by atoms with van der Waals surface area (Å²) < 4.78 is 27.8. The number of nitrogens with one attached hydrogen (secondary N) is 1. The molecule has 0 aliphatic heterocycles. The number of ketones is 1. The average molecular weight is 365 g/mol. The van der Waals surface area contributed by atoms with Gasteiger partial charge in [-0.15, -0.1) is 0 Å². The minimum Gasteiger partial charge on any atom is -0.480 e. The SMILES string of the molecule is CC1(C)[C@@H]2CC[C@]1(CS(=O)(=O)N[C@H](C(=O)O)c1ccccc1)C(=O)C2. The highest BCUT2D eigenvalue weighted by Crippen LogP contribution is 2.64. The van der Waals surface area contributed by atoms with Gasteiger partial charge in [0.2, 0.25) is 10.0 Å². The molecular formula is C18H23NO5S. The molecule has 3 atom stereocenters. The van der Waals surface area contributed by atoms with E-state index in [1.54, 1.807) is 30.3 Å². The number of benzene rings is 1. The van der Waals surface area contributed by atoms with Crippen molar-refractivity contribution in [3.63, 3.8) is 0 Å². The number of carboxylic acids is 1. The van der Waals surface area contributed by atoms with Crippen LogP contribution in [0.3, 0.4) is 0 Å². The Morgan fingerprint density at radius 2 is 1.96 bits per heavy atom. The second kappa shape index (κ2) is 5.92. The van der Waals surface area contributed by atoms with Crippen LogP contribution in [0.2, 0.25) is 0 Å². The van der Waals surface area contributed by atoms with Gasteiger partial charge < -0.3 is 5.11 Å². The average Bonchev–Trinajstić information content (AvgIpc) is 2.87. The van der Waals surface area contributed by atoms with Gasteiger partial charge in [-0.3, -0.25) is 9.59 Å². The van der Waals surface area contributed by atoms with Crippen molar-refractivity contribution in [1.82, 2.24) is 4.72 Å². The highest BCUT2D eigenvalue weighted by atomic mass is 32.2. The van der Waals surface area contributed by atoms with Gasteiger partial charge in [0.05, 0.1) is 5.75 Å². The molecule has 0 radical (unpaired) electrons. The summed E-state index contributed by atoms with van der Waals surface area (Å²) in [4.78, 5) is 24.1. The predicted molar refractivity (Wildman–Crippen MR) is 92.3 cm³/mol. The van der Waals surface area contributed by atoms with Crippen LogP contribution >= 0.6 is 0 Å². The van der Waals surface area contributed by atoms with E-state index >= 15 is 0 Å². The number of sulfonamides is 1. The largest absolute Gasteiger partial charge is 0.480 e. The Kier molecular flexibility index (Phi) is 4.28. The molecule has 0 spiro atoms. The molecule has 0 aromatic heterocycles. The Balaban J connectivity index is 1.87. The lowest BCUT2D eigenvalue weighted by atomic mass is 9.70. The first kappa shape index (κ1) is 18.1. The number of carbonyl (C=O) groups is 2. The maximum atomic E-state index is 12.8. The van der Waals surface area contributed by atoms with Gasteiger partial charge in [-0.25, -0.2) is 8.42 Å². The van der Waals surface area contributed by atoms with Crippen LogP contribution in [-0.2, 0) is 19.6 Å². The van der Waals surface area contributed by atoms with E-state index in [0.717, 1.165) is 6.42 Å². The third-order valence-corrected chi connectivity index (χ3v) is 7.72. The van der Waals surface area contributed by atoms with E-state index in [0.29, 0.717) is 18.4 Å². The quantitative estimate of drug-likeness (QED) is 0.804. The van der Waals surface area contributed by atoms with Gasteiger partial charge in [-0.2, -0.15) is 4.72 Å². The van der Waals surface area contributed by atoms with Crippen LogP contribution in [0.4, 0.5) is 0 Å². The first-order valence-electron chi connectivity index (χ1n) is 8.40. The molecule has 25 heavy (non-hydrogen) atoms. The number of rotatable bonds is 6. The molecule has 136 valence electrons. The van der Waals surface area contributed by atoms with E-state index in [2.05, 4.69) is 4.72 Å². The van der Waals surface area contributed by atoms with Crippen molar-refractivity contribution in [1.29, 1.82) is 0 Å². The Morgan fingerprint density at radius 3 is 2.44 bits per heavy atom. The molecule has 7 heteroatoms. The summed E-state index contributed by atoms with van der Waals surface area (Å²) in [6.45, 7) is 3.91. The molecule has 6 nitrogen and oxygen atoms in total. The molecule has 1 aromatic rings. The normalized spacial score (nSPS) is 28.9. The Hall–Kier alpha value is -1.73. The fourth-order valence-corrected chi connectivity index (χ4v) is 6.57. The van der Waals surface area contributed by atoms with Gasteiger partial charge in [0.15, 0.2) is 0 Å². The van der Waals surface area contributed by atoms with Gasteiger partial charge in [-0.1, -0.05) is 44.2 Å². The third kappa shape index (κ3) is 2.89. The predicted octanol–water partition coefficient (Wildman–Crippen LogP) is 2.13. The molecule has 2 aliphatic carbocycles. The van der Waals surface area contributed by atoms with Gasteiger partial charge in [-0.05, 0) is 29.7 Å². The van der Waals surface area contributed by atoms with E-state index in [4.69, 9.17) is 0 Å². The van der Waals surface area contributed by atoms with Crippen molar-refractivity contribution in [2.45, 2.75) is 39.2 Å². The number of fused-ring (bicyclic) bond motifs is 2. The monoisotopic (exact) mass is 365 g/mol. The van der Waals surface area contributed by atoms with Crippen LogP contribution in [0.25, 0.3) is 0 Å². The van der Waals surface area contributed by atoms with Gasteiger partial charge in [0.1, 0.15) is 11.8 Å². The van der Waals surface area contributed by atoms with E-state index in [9.17, 15) is 23.1 Å². The molecule has 0 saturated heterocycles. The summed E-state index contributed by atoms with van der Waals surface area (Å²) >= 11 is 0. The van der Waals surface area contributed by atoms with Gasteiger partial charge in [0.25, 0.3) is 0 Å². The zero-order valence-electron chi connectivity index (χ0n) is 14.4. The highest BCUT2D eigenvalue weighted by Gasteiger charge is 2.65. The first-order chi connectivity index (χ1) is 11.6. The highest BCUT2D eigenvalue weighted by molar-refractivity contribution is 7.89. The number of hydrogen-bond donors (Lipinski definition) is 2. The minimum absolute atomic E-state index is 0.00860. The lowest BCUT2D eigenvalue weighted by molar-refractivity contribution is -0.139. The van der Waals surface area contributed by atoms with E-state index in [-0.39, 0.29) is 22.9 Å². The number of aliphatic carboxylic acids is 1. The van der Waals surface area contributed by atoms with Crippen molar-refractivity contribution >= 4 is 21.8 Å². The summed E-state index contributed by atoms with van der Waals surface area (Å²) in [7, 11) is -3.96. The lowest BCUT2D eigenvalue weighted by Gasteiger charge is -2.36. The standard InChI is InChI=1S/C18H23NO5S/c1-17(2)13-8-9-18(17,14(20)10-13)11-25(23,24)19-15(16(21)22)12-6-4-3-5-7-12/h3-7,13,15,19H,8-11H2,1-2H3,(H,21,22)/t13-,15+,18+/m1/s1. The summed E-state index contributed by atoms with van der Waals surface area (Å²) in [5.41, 5.74) is -0.939. The number of Topliss-reactive ketones (excluding diaryl/α,β-unsaturated/α-hetero) is 1. The second-order valence-corrected chi connectivity index (χ2v) is 9.48. The second-order valence-electron chi connectivity index (χ2n) is 7.73. The molecule has 1 aromatic carbocycles. The summed E-state index contributed by atoms with van der Waals surface area (Å²) in [5.74, 6) is -1.42. The fraction of sp³-hybridized carbons (Fsp3) is 0.556. The molecule has 2 fully saturated rings. The third-order valence-electron chi connectivity index (χ3n) is 6.25. The van der Waals surface area contributed by atoms with Crippen LogP contribution in [0.5, 0.6) is 0 Å². The Bertz CT molecular complexity index is 802. The summed E-state index contributed by atoms with van der Waals surface area (Å²) in [6, 6.07) is 6.81. The van der Waals surface area contributed by atoms with Crippen LogP contribution in [-0.4, -0.2) is 31.0 Å². The summed E-state index contributed by atoms with van der Waals surface area (Å²) in [6.07, 6.45) is 1.81. The van der Waals surface area contributed by atoms with Crippen LogP contribution in [0.15, 0.2) is 30.3 Å². The number of hydrogen-bond acceptors (Lipinski definition) is 4. The summed E-state index contributed by atoms with van der Waals surface area (Å²) in [5, 5.41) is 9.44. The van der Waals surface area contributed by atoms with Crippen molar-refractivity contribution in [3.05, 3.63) is 35.9 Å². The molecule has 0 unspecified atom stereocenters. The molecule has 2 N–H and O–H groups in total. The maximum Gasteiger partial charge on any atom is 0.326 e. The number of carbonyl (C=O) groups excluding carboxylic acids is 1. The van der Waals surface area contributed by atoms with Gasteiger partial charge >= 0.3 is 5.97 Å². The number of carboxylic acid groups (broad SMARTS) is 1. The zero-order chi connectivity index (χ0) is 18.5. The van der Waals surface area contributed by atoms with Crippen molar-refractivity contribution in [3.8, 4) is 0 Å². The molecule has 3 rings (SSSR count). The van der Waals surface area contributed by atoms with Crippen LogP contribution in [0.1, 0.15) is 44.7 Å². The van der Waals surface area contributed by atoms with Crippen molar-refractivity contribution in [2.24, 2.45) is 16.7 Å². The van der Waals surface area contributed by atoms with Crippen molar-refractivity contribution < 1.29 is 23.1 Å². The van der Waals surface area contributed by atoms with E-state index in [1.165, 1.54) is 0 Å². The smallest absolute Gasteiger partial charge is 0.326 e. The maximum absolute atomic E-state index is 12.8. The van der Waals surface area contributed by atoms with Crippen molar-refractivity contribution in [2.75, 3.05) is 5.75 Å². The zero-order valence-corrected chi connectivity index (χ0v) is 15.2. The lowest BCUT2D eigenvalue weighted by Crippen LogP contribution is -2.46. The van der Waals surface area contributed by atoms with E-state index in [1.807, 2.05) is 13.8 Å². The fourth-order valence-electron chi connectivity index (χ4n) is 4.56. The van der Waals surface area contributed by atoms with E-state index < -0.39 is 27.4 Å². The molecule has 2 aliphatic rings. The topological polar surface area (TPSA) is 101 Å². The molecule has 0 heterocycles. The van der Waals surface area contributed by atoms with Crippen LogP contribution < -0.4 is 4.72 Å². The molecule has 0 amide bonds. The minimum atomic E-state index is -3.96. The Morgan fingerprint density at radius 1 is 1.32 bits per heavy atom.